The highest BCUT2D eigenvalue weighted by atomic mass is 32.1. The second kappa shape index (κ2) is 4.97. The molecule has 2 heterocycles. The van der Waals surface area contributed by atoms with E-state index in [0.717, 1.165) is 28.5 Å². The number of hydrogen-bond donors (Lipinski definition) is 1. The molecule has 3 rings (SSSR count). The summed E-state index contributed by atoms with van der Waals surface area (Å²) in [5, 5.41) is 8.37. The van der Waals surface area contributed by atoms with Crippen LogP contribution in [-0.4, -0.2) is 21.3 Å². The van der Waals surface area contributed by atoms with Gasteiger partial charge in [-0.05, 0) is 18.2 Å². The molecule has 1 N–H and O–H groups in total. The molecule has 19 heavy (non-hydrogen) atoms. The summed E-state index contributed by atoms with van der Waals surface area (Å²) in [6.07, 6.45) is 2.76. The first-order valence-electron chi connectivity index (χ1n) is 5.99. The average Bonchev–Trinajstić information content (AvgIpc) is 2.95. The third-order valence-corrected chi connectivity index (χ3v) is 3.77. The minimum atomic E-state index is -0.252. The second-order valence-corrected chi connectivity index (χ2v) is 5.32. The predicted molar refractivity (Wildman–Crippen MR) is 75.0 cm³/mol. The third-order valence-electron chi connectivity index (χ3n) is 2.78. The van der Waals surface area contributed by atoms with E-state index in [2.05, 4.69) is 15.4 Å². The maximum Gasteiger partial charge on any atom is 0.183 e. The fourth-order valence-corrected chi connectivity index (χ4v) is 2.74. The third kappa shape index (κ3) is 2.73. The first-order chi connectivity index (χ1) is 9.20. The number of benzene rings is 1. The van der Waals surface area contributed by atoms with E-state index >= 15 is 0 Å². The van der Waals surface area contributed by atoms with E-state index in [1.807, 2.05) is 19.3 Å². The van der Waals surface area contributed by atoms with Crippen LogP contribution in [0.15, 0.2) is 30.5 Å². The zero-order chi connectivity index (χ0) is 13.2. The SMILES string of the molecule is Cn1ccc(CCNc2nc3cc(F)ccc3s2)n1. The van der Waals surface area contributed by atoms with E-state index in [1.165, 1.54) is 23.5 Å². The lowest BCUT2D eigenvalue weighted by molar-refractivity contribution is 0.629. The van der Waals surface area contributed by atoms with Gasteiger partial charge in [0.1, 0.15) is 5.82 Å². The lowest BCUT2D eigenvalue weighted by atomic mass is 10.3. The zero-order valence-electron chi connectivity index (χ0n) is 10.4. The van der Waals surface area contributed by atoms with Crippen LogP contribution in [-0.2, 0) is 13.5 Å². The van der Waals surface area contributed by atoms with E-state index in [4.69, 9.17) is 0 Å². The van der Waals surface area contributed by atoms with E-state index < -0.39 is 0 Å². The van der Waals surface area contributed by atoms with Crippen molar-refractivity contribution < 1.29 is 4.39 Å². The molecule has 0 aliphatic heterocycles. The fraction of sp³-hybridized carbons (Fsp3) is 0.231. The molecule has 0 atom stereocenters. The summed E-state index contributed by atoms with van der Waals surface area (Å²) in [5.41, 5.74) is 1.74. The first-order valence-corrected chi connectivity index (χ1v) is 6.81. The molecule has 0 unspecified atom stereocenters. The summed E-state index contributed by atoms with van der Waals surface area (Å²) in [5.74, 6) is -0.252. The Hall–Kier alpha value is -1.95. The number of thiazole rings is 1. The first kappa shape index (κ1) is 12.1. The monoisotopic (exact) mass is 276 g/mol. The van der Waals surface area contributed by atoms with Crippen LogP contribution >= 0.6 is 11.3 Å². The van der Waals surface area contributed by atoms with Crippen molar-refractivity contribution in [1.82, 2.24) is 14.8 Å². The van der Waals surface area contributed by atoms with Gasteiger partial charge < -0.3 is 5.32 Å². The van der Waals surface area contributed by atoms with Crippen molar-refractivity contribution in [1.29, 1.82) is 0 Å². The van der Waals surface area contributed by atoms with E-state index in [9.17, 15) is 4.39 Å². The second-order valence-electron chi connectivity index (χ2n) is 4.29. The van der Waals surface area contributed by atoms with Gasteiger partial charge in [-0.1, -0.05) is 11.3 Å². The number of halogens is 1. The molecule has 0 bridgehead atoms. The average molecular weight is 276 g/mol. The summed E-state index contributed by atoms with van der Waals surface area (Å²) >= 11 is 1.53. The molecule has 6 heteroatoms. The van der Waals surface area contributed by atoms with Gasteiger partial charge in [0, 0.05) is 32.3 Å². The molecule has 0 spiro atoms. The Balaban J connectivity index is 1.65. The van der Waals surface area contributed by atoms with Gasteiger partial charge in [0.25, 0.3) is 0 Å². The van der Waals surface area contributed by atoms with Crippen molar-refractivity contribution >= 4 is 26.7 Å². The molecule has 2 aromatic heterocycles. The molecule has 0 saturated carbocycles. The van der Waals surface area contributed by atoms with Crippen molar-refractivity contribution in [3.05, 3.63) is 42.0 Å². The quantitative estimate of drug-likeness (QED) is 0.797. The Morgan fingerprint density at radius 1 is 1.37 bits per heavy atom. The van der Waals surface area contributed by atoms with Crippen LogP contribution in [0.5, 0.6) is 0 Å². The van der Waals surface area contributed by atoms with Crippen molar-refractivity contribution in [3.8, 4) is 0 Å². The molecule has 0 aliphatic carbocycles. The Kier molecular flexibility index (Phi) is 3.16. The van der Waals surface area contributed by atoms with Crippen LogP contribution in [0.1, 0.15) is 5.69 Å². The summed E-state index contributed by atoms with van der Waals surface area (Å²) in [4.78, 5) is 4.35. The predicted octanol–water partition coefficient (Wildman–Crippen LogP) is 2.82. The van der Waals surface area contributed by atoms with Crippen molar-refractivity contribution in [2.24, 2.45) is 7.05 Å². The molecule has 0 amide bonds. The number of aryl methyl sites for hydroxylation is 1. The zero-order valence-corrected chi connectivity index (χ0v) is 11.2. The molecular weight excluding hydrogens is 263 g/mol. The van der Waals surface area contributed by atoms with E-state index in [0.29, 0.717) is 5.52 Å². The number of hydrogen-bond acceptors (Lipinski definition) is 4. The number of nitrogens with one attached hydrogen (secondary N) is 1. The van der Waals surface area contributed by atoms with Crippen LogP contribution in [0.3, 0.4) is 0 Å². The summed E-state index contributed by atoms with van der Waals surface area (Å²) in [6.45, 7) is 0.763. The number of aromatic nitrogens is 3. The van der Waals surface area contributed by atoms with Gasteiger partial charge in [0.15, 0.2) is 5.13 Å². The van der Waals surface area contributed by atoms with Crippen molar-refractivity contribution in [2.75, 3.05) is 11.9 Å². The molecule has 0 aliphatic rings. The Labute approximate surface area is 113 Å². The van der Waals surface area contributed by atoms with Gasteiger partial charge in [-0.15, -0.1) is 0 Å². The molecule has 3 aromatic rings. The molecule has 0 radical (unpaired) electrons. The van der Waals surface area contributed by atoms with Gasteiger partial charge >= 0.3 is 0 Å². The molecular formula is C13H13FN4S. The minimum absolute atomic E-state index is 0.252. The molecule has 98 valence electrons. The Morgan fingerprint density at radius 2 is 2.26 bits per heavy atom. The normalized spacial score (nSPS) is 11.1. The number of rotatable bonds is 4. The fourth-order valence-electron chi connectivity index (χ4n) is 1.87. The summed E-state index contributed by atoms with van der Waals surface area (Å²) in [6, 6.07) is 6.66. The molecule has 0 saturated heterocycles. The van der Waals surface area contributed by atoms with Gasteiger partial charge in [0.05, 0.1) is 15.9 Å². The van der Waals surface area contributed by atoms with E-state index in [1.54, 1.807) is 10.7 Å². The van der Waals surface area contributed by atoms with Gasteiger partial charge in [-0.2, -0.15) is 5.10 Å². The van der Waals surface area contributed by atoms with Crippen LogP contribution in [0.25, 0.3) is 10.2 Å². The van der Waals surface area contributed by atoms with Crippen LogP contribution < -0.4 is 5.32 Å². The lowest BCUT2D eigenvalue weighted by Crippen LogP contribution is -2.05. The molecule has 0 fully saturated rings. The largest absolute Gasteiger partial charge is 0.361 e. The smallest absolute Gasteiger partial charge is 0.183 e. The maximum atomic E-state index is 13.1. The number of fused-ring (bicyclic) bond motifs is 1. The summed E-state index contributed by atoms with van der Waals surface area (Å²) < 4.78 is 15.8. The maximum absolute atomic E-state index is 13.1. The molecule has 4 nitrogen and oxygen atoms in total. The number of anilines is 1. The van der Waals surface area contributed by atoms with Crippen molar-refractivity contribution in [3.63, 3.8) is 0 Å². The Bertz CT molecular complexity index is 704. The summed E-state index contributed by atoms with van der Waals surface area (Å²) in [7, 11) is 1.90. The standard InChI is InChI=1S/C13H13FN4S/c1-18-7-5-10(17-18)4-6-15-13-16-11-8-9(14)2-3-12(11)19-13/h2-3,5,7-8H,4,6H2,1H3,(H,15,16). The van der Waals surface area contributed by atoms with Gasteiger partial charge in [-0.25, -0.2) is 9.37 Å². The van der Waals surface area contributed by atoms with Gasteiger partial charge in [-0.3, -0.25) is 4.68 Å². The highest BCUT2D eigenvalue weighted by Gasteiger charge is 2.04. The lowest BCUT2D eigenvalue weighted by Gasteiger charge is -1.99. The molecule has 1 aromatic carbocycles. The van der Waals surface area contributed by atoms with Gasteiger partial charge in [0.2, 0.25) is 0 Å². The van der Waals surface area contributed by atoms with Crippen molar-refractivity contribution in [2.45, 2.75) is 6.42 Å². The van der Waals surface area contributed by atoms with Crippen LogP contribution in [0, 0.1) is 5.82 Å². The highest BCUT2D eigenvalue weighted by Crippen LogP contribution is 2.26. The van der Waals surface area contributed by atoms with Crippen LogP contribution in [0.2, 0.25) is 0 Å². The highest BCUT2D eigenvalue weighted by molar-refractivity contribution is 7.22. The number of nitrogens with zero attached hydrogens (tertiary/aromatic N) is 3. The Morgan fingerprint density at radius 3 is 3.05 bits per heavy atom. The topological polar surface area (TPSA) is 42.7 Å². The van der Waals surface area contributed by atoms with Crippen LogP contribution in [0.4, 0.5) is 9.52 Å². The van der Waals surface area contributed by atoms with E-state index in [-0.39, 0.29) is 5.82 Å². The minimum Gasteiger partial charge on any atom is -0.361 e.